The molecule has 0 fully saturated rings. The van der Waals surface area contributed by atoms with Gasteiger partial charge in [0.15, 0.2) is 5.54 Å². The second-order valence-corrected chi connectivity index (χ2v) is 7.34. The Kier molecular flexibility index (Phi) is 5.44. The van der Waals surface area contributed by atoms with E-state index < -0.39 is 10.5 Å². The molecule has 0 radical (unpaired) electrons. The minimum Gasteiger partial charge on any atom is -0.497 e. The number of nitrogens with zero attached hydrogens (tertiary/aromatic N) is 3. The average molecular weight is 425 g/mol. The highest BCUT2D eigenvalue weighted by Crippen LogP contribution is 2.41. The van der Waals surface area contributed by atoms with E-state index in [0.29, 0.717) is 22.4 Å². The number of carbonyl (C=O) groups excluding carboxylic acids is 1. The summed E-state index contributed by atoms with van der Waals surface area (Å²) in [5.74, 6) is -0.0262. The Hall–Kier alpha value is -4.44. The molecule has 1 unspecified atom stereocenters. The van der Waals surface area contributed by atoms with Crippen molar-refractivity contribution in [2.24, 2.45) is 0 Å². The first-order valence-corrected chi connectivity index (χ1v) is 9.89. The van der Waals surface area contributed by atoms with Crippen LogP contribution in [0.5, 0.6) is 5.75 Å². The van der Waals surface area contributed by atoms with E-state index in [1.54, 1.807) is 66.9 Å². The van der Waals surface area contributed by atoms with E-state index in [2.05, 4.69) is 6.07 Å². The Morgan fingerprint density at radius 3 is 2.53 bits per heavy atom. The van der Waals surface area contributed by atoms with Crippen LogP contribution < -0.4 is 4.74 Å². The number of rotatable bonds is 5. The quantitative estimate of drug-likeness (QED) is 0.436. The van der Waals surface area contributed by atoms with E-state index in [-0.39, 0.29) is 18.0 Å². The van der Waals surface area contributed by atoms with Gasteiger partial charge in [-0.15, -0.1) is 0 Å². The summed E-state index contributed by atoms with van der Waals surface area (Å²) >= 11 is 0. The highest BCUT2D eigenvalue weighted by molar-refractivity contribution is 5.96. The maximum Gasteiger partial charge on any atom is 0.276 e. The lowest BCUT2D eigenvalue weighted by atomic mass is 9.78. The van der Waals surface area contributed by atoms with Gasteiger partial charge in [-0.05, 0) is 41.5 Å². The van der Waals surface area contributed by atoms with Crippen LogP contribution in [0.4, 0.5) is 5.69 Å². The molecule has 3 aromatic carbocycles. The zero-order chi connectivity index (χ0) is 22.7. The highest BCUT2D eigenvalue weighted by Gasteiger charge is 2.45. The first-order chi connectivity index (χ1) is 15.5. The second-order valence-electron chi connectivity index (χ2n) is 7.34. The molecule has 0 aromatic heterocycles. The molecule has 158 valence electrons. The van der Waals surface area contributed by atoms with Crippen molar-refractivity contribution < 1.29 is 14.5 Å². The molecular formula is C25H19N3O4. The molecule has 3 aromatic rings. The number of fused-ring (bicyclic) bond motifs is 1. The third-order valence-electron chi connectivity index (χ3n) is 5.58. The van der Waals surface area contributed by atoms with E-state index in [1.165, 1.54) is 18.1 Å². The molecule has 0 N–H and O–H groups in total. The number of hydrogen-bond acceptors (Lipinski definition) is 5. The number of nitro groups is 1. The van der Waals surface area contributed by atoms with E-state index in [4.69, 9.17) is 4.74 Å². The van der Waals surface area contributed by atoms with Crippen molar-refractivity contribution in [2.75, 3.05) is 7.11 Å². The molecule has 1 heterocycles. The lowest BCUT2D eigenvalue weighted by molar-refractivity contribution is -0.385. The molecule has 4 rings (SSSR count). The van der Waals surface area contributed by atoms with Crippen LogP contribution in [0.25, 0.3) is 6.08 Å². The van der Waals surface area contributed by atoms with Gasteiger partial charge in [0.2, 0.25) is 0 Å². The first kappa shape index (κ1) is 20.8. The summed E-state index contributed by atoms with van der Waals surface area (Å²) in [5, 5.41) is 22.3. The number of nitro benzene ring substituents is 1. The maximum atomic E-state index is 13.5. The topological polar surface area (TPSA) is 96.5 Å². The molecule has 0 saturated carbocycles. The normalized spacial score (nSPS) is 16.7. The van der Waals surface area contributed by atoms with E-state index in [9.17, 15) is 20.2 Å². The Balaban J connectivity index is 1.90. The number of nitriles is 1. The summed E-state index contributed by atoms with van der Waals surface area (Å²) in [4.78, 5) is 26.1. The molecule has 0 bridgehead atoms. The molecule has 0 aliphatic carbocycles. The molecule has 1 amide bonds. The van der Waals surface area contributed by atoms with Gasteiger partial charge in [-0.2, -0.15) is 5.26 Å². The molecule has 0 saturated heterocycles. The minimum absolute atomic E-state index is 0.0657. The monoisotopic (exact) mass is 425 g/mol. The van der Waals surface area contributed by atoms with Crippen LogP contribution >= 0.6 is 0 Å². The molecule has 1 aliphatic rings. The summed E-state index contributed by atoms with van der Waals surface area (Å²) in [6, 6.07) is 22.7. The zero-order valence-electron chi connectivity index (χ0n) is 17.3. The smallest absolute Gasteiger partial charge is 0.276 e. The van der Waals surface area contributed by atoms with Gasteiger partial charge in [0, 0.05) is 23.7 Å². The van der Waals surface area contributed by atoms with Crippen molar-refractivity contribution in [1.29, 1.82) is 5.26 Å². The molecule has 1 aliphatic heterocycles. The summed E-state index contributed by atoms with van der Waals surface area (Å²) < 4.78 is 5.13. The van der Waals surface area contributed by atoms with E-state index in [0.717, 1.165) is 5.56 Å². The van der Waals surface area contributed by atoms with Gasteiger partial charge >= 0.3 is 0 Å². The van der Waals surface area contributed by atoms with Crippen LogP contribution in [0.1, 0.15) is 27.0 Å². The lowest BCUT2D eigenvalue weighted by Gasteiger charge is -2.40. The molecule has 1 atom stereocenters. The first-order valence-electron chi connectivity index (χ1n) is 9.89. The Labute approximate surface area is 184 Å². The fourth-order valence-corrected chi connectivity index (χ4v) is 3.99. The average Bonchev–Trinajstić information content (AvgIpc) is 2.84. The second kappa shape index (κ2) is 8.36. The molecule has 0 spiro atoms. The fraction of sp³-hybridized carbons (Fsp3) is 0.120. The van der Waals surface area contributed by atoms with E-state index >= 15 is 0 Å². The third kappa shape index (κ3) is 3.48. The number of amides is 1. The Morgan fingerprint density at radius 1 is 1.12 bits per heavy atom. The zero-order valence-corrected chi connectivity index (χ0v) is 17.3. The van der Waals surface area contributed by atoms with Crippen molar-refractivity contribution in [3.63, 3.8) is 0 Å². The van der Waals surface area contributed by atoms with Crippen molar-refractivity contribution >= 4 is 17.7 Å². The lowest BCUT2D eigenvalue weighted by Crippen LogP contribution is -2.49. The van der Waals surface area contributed by atoms with Gasteiger partial charge in [-0.25, -0.2) is 0 Å². The van der Waals surface area contributed by atoms with Crippen LogP contribution in [0.3, 0.4) is 0 Å². The molecule has 32 heavy (non-hydrogen) atoms. The summed E-state index contributed by atoms with van der Waals surface area (Å²) in [5.41, 5.74) is 0.492. The van der Waals surface area contributed by atoms with Crippen molar-refractivity contribution in [3.8, 4) is 11.8 Å². The van der Waals surface area contributed by atoms with Crippen LogP contribution in [0.2, 0.25) is 0 Å². The van der Waals surface area contributed by atoms with Crippen LogP contribution in [-0.2, 0) is 12.0 Å². The molecule has 7 heteroatoms. The Bertz CT molecular complexity index is 1260. The van der Waals surface area contributed by atoms with Gasteiger partial charge in [0.25, 0.3) is 11.6 Å². The van der Waals surface area contributed by atoms with Gasteiger partial charge in [0.05, 0.1) is 24.2 Å². The Morgan fingerprint density at radius 2 is 1.84 bits per heavy atom. The van der Waals surface area contributed by atoms with Gasteiger partial charge in [-0.1, -0.05) is 42.5 Å². The number of benzene rings is 3. The van der Waals surface area contributed by atoms with Crippen molar-refractivity contribution in [2.45, 2.75) is 12.0 Å². The predicted octanol–water partition coefficient (Wildman–Crippen LogP) is 4.69. The third-order valence-corrected chi connectivity index (χ3v) is 5.58. The minimum atomic E-state index is -1.47. The standard InChI is InChI=1S/C25H19N3O4/c1-32-21-12-11-20(23(15-21)28(30)31)16-25(17-26)22-10-6-5-7-18(22)13-14-27(25)24(29)19-8-3-2-4-9-19/h2-15H,16H2,1H3. The summed E-state index contributed by atoms with van der Waals surface area (Å²) in [6.45, 7) is 0. The number of hydrogen-bond donors (Lipinski definition) is 0. The van der Waals surface area contributed by atoms with Gasteiger partial charge in [0.1, 0.15) is 5.75 Å². The predicted molar refractivity (Wildman–Crippen MR) is 119 cm³/mol. The van der Waals surface area contributed by atoms with Gasteiger partial charge < -0.3 is 4.74 Å². The SMILES string of the molecule is COc1ccc(CC2(C#N)c3ccccc3C=CN2C(=O)c2ccccc2)c([N+](=O)[O-])c1. The summed E-state index contributed by atoms with van der Waals surface area (Å²) in [6.07, 6.45) is 3.29. The number of methoxy groups -OCH3 is 1. The molecule has 7 nitrogen and oxygen atoms in total. The number of ether oxygens (including phenoxy) is 1. The van der Waals surface area contributed by atoms with E-state index in [1.807, 2.05) is 12.1 Å². The number of carbonyl (C=O) groups is 1. The van der Waals surface area contributed by atoms with Crippen LogP contribution in [0, 0.1) is 21.4 Å². The summed E-state index contributed by atoms with van der Waals surface area (Å²) in [7, 11) is 1.43. The highest BCUT2D eigenvalue weighted by atomic mass is 16.6. The van der Waals surface area contributed by atoms with Crippen LogP contribution in [-0.4, -0.2) is 22.8 Å². The van der Waals surface area contributed by atoms with Crippen molar-refractivity contribution in [1.82, 2.24) is 4.90 Å². The molecular weight excluding hydrogens is 406 g/mol. The van der Waals surface area contributed by atoms with Gasteiger partial charge in [-0.3, -0.25) is 19.8 Å². The fourth-order valence-electron chi connectivity index (χ4n) is 3.99. The van der Waals surface area contributed by atoms with Crippen molar-refractivity contribution in [3.05, 3.63) is 111 Å². The van der Waals surface area contributed by atoms with Crippen LogP contribution in [0.15, 0.2) is 79.0 Å². The largest absolute Gasteiger partial charge is 0.497 e. The maximum absolute atomic E-state index is 13.5.